The number of alkyl carbamates (subject to hydrolysis) is 1. The van der Waals surface area contributed by atoms with Gasteiger partial charge in [-0.15, -0.1) is 6.58 Å². The summed E-state index contributed by atoms with van der Waals surface area (Å²) in [5, 5.41) is 6.43. The molecule has 266 valence electrons. The molecule has 5 unspecified atom stereocenters. The molecular formula is C34H44BrN5O8S. The Balaban J connectivity index is 1.44. The Morgan fingerprint density at radius 3 is 2.41 bits per heavy atom. The number of hydrogen-bond acceptors (Lipinski definition) is 9. The van der Waals surface area contributed by atoms with Gasteiger partial charge >= 0.3 is 6.09 Å². The predicted octanol–water partition coefficient (Wildman–Crippen LogP) is 3.95. The summed E-state index contributed by atoms with van der Waals surface area (Å²) in [6, 6.07) is 5.22. The normalized spacial score (nSPS) is 24.5. The van der Waals surface area contributed by atoms with E-state index in [0.717, 1.165) is 15.2 Å². The fourth-order valence-corrected chi connectivity index (χ4v) is 7.75. The van der Waals surface area contributed by atoms with Gasteiger partial charge in [-0.1, -0.05) is 42.8 Å². The molecule has 2 aliphatic carbocycles. The lowest BCUT2D eigenvalue weighted by atomic mass is 9.85. The molecule has 0 bridgehead atoms. The molecule has 1 aliphatic heterocycles. The number of halogens is 1. The van der Waals surface area contributed by atoms with Gasteiger partial charge in [-0.3, -0.25) is 19.1 Å². The summed E-state index contributed by atoms with van der Waals surface area (Å²) < 4.78 is 40.1. The molecule has 0 spiro atoms. The number of likely N-dealkylation sites (tertiary alicyclic amines) is 1. The van der Waals surface area contributed by atoms with E-state index in [2.05, 4.69) is 42.8 Å². The van der Waals surface area contributed by atoms with Crippen molar-refractivity contribution < 1.29 is 37.1 Å². The molecule has 0 radical (unpaired) electrons. The Kier molecular flexibility index (Phi) is 9.85. The largest absolute Gasteiger partial charge is 0.472 e. The number of amides is 4. The number of ether oxygens (including phenoxy) is 2. The number of sulfonamides is 1. The average molecular weight is 763 g/mol. The summed E-state index contributed by atoms with van der Waals surface area (Å²) in [5.41, 5.74) is -3.17. The Bertz CT molecular complexity index is 1780. The van der Waals surface area contributed by atoms with Crippen LogP contribution in [0.4, 0.5) is 4.79 Å². The zero-order valence-corrected chi connectivity index (χ0v) is 30.9. The summed E-state index contributed by atoms with van der Waals surface area (Å²) in [6.45, 7) is 14.2. The van der Waals surface area contributed by atoms with E-state index in [9.17, 15) is 27.6 Å². The van der Waals surface area contributed by atoms with Crippen molar-refractivity contribution in [1.29, 1.82) is 0 Å². The standard InChI is InChI=1S/C34H44BrN5O8S/c1-8-20-17-34(20,30(43)39-49(45,46)23-10-11-23)38-27(41)25-16-22(47-28-24-12-9-21(35)15-19(24)13-14-36-28)18-40(25)29(42)26(32(2,3)4)37-31(44)48-33(5,6)7/h8-9,12-15,20,22-23,25-26H,1,10-11,16-18H2,2-7H3,(H,37,44)(H,38,41)(H,39,43). The highest BCUT2D eigenvalue weighted by molar-refractivity contribution is 9.10. The van der Waals surface area contributed by atoms with Gasteiger partial charge in [-0.05, 0) is 75.1 Å². The van der Waals surface area contributed by atoms with Gasteiger partial charge < -0.3 is 25.0 Å². The summed E-state index contributed by atoms with van der Waals surface area (Å²) in [4.78, 5) is 60.6. The van der Waals surface area contributed by atoms with E-state index in [1.807, 2.05) is 24.3 Å². The van der Waals surface area contributed by atoms with Crippen LogP contribution in [0.1, 0.15) is 67.2 Å². The predicted molar refractivity (Wildman–Crippen MR) is 186 cm³/mol. The first-order valence-electron chi connectivity index (χ1n) is 16.3. The van der Waals surface area contributed by atoms with Crippen LogP contribution in [0.5, 0.6) is 5.88 Å². The van der Waals surface area contributed by atoms with E-state index in [1.54, 1.807) is 47.7 Å². The van der Waals surface area contributed by atoms with E-state index in [4.69, 9.17) is 9.47 Å². The number of pyridine rings is 1. The Morgan fingerprint density at radius 2 is 1.82 bits per heavy atom. The summed E-state index contributed by atoms with van der Waals surface area (Å²) >= 11 is 3.47. The van der Waals surface area contributed by atoms with Crippen molar-refractivity contribution in [3.05, 3.63) is 47.6 Å². The van der Waals surface area contributed by atoms with Gasteiger partial charge in [0.1, 0.15) is 29.3 Å². The summed E-state index contributed by atoms with van der Waals surface area (Å²) in [6.07, 6.45) is 2.72. The molecule has 15 heteroatoms. The first-order valence-corrected chi connectivity index (χ1v) is 18.6. The van der Waals surface area contributed by atoms with Crippen molar-refractivity contribution in [3.8, 4) is 5.88 Å². The van der Waals surface area contributed by atoms with Crippen LogP contribution < -0.4 is 20.1 Å². The minimum atomic E-state index is -3.89. The van der Waals surface area contributed by atoms with Crippen LogP contribution in [0.2, 0.25) is 0 Å². The van der Waals surface area contributed by atoms with Gasteiger partial charge in [0.25, 0.3) is 5.91 Å². The molecule has 1 saturated heterocycles. The molecule has 3 aliphatic rings. The zero-order chi connectivity index (χ0) is 36.1. The maximum absolute atomic E-state index is 14.4. The third kappa shape index (κ3) is 8.19. The minimum Gasteiger partial charge on any atom is -0.472 e. The van der Waals surface area contributed by atoms with Gasteiger partial charge in [-0.2, -0.15) is 0 Å². The van der Waals surface area contributed by atoms with Crippen molar-refractivity contribution in [1.82, 2.24) is 25.2 Å². The third-order valence-corrected chi connectivity index (χ3v) is 11.2. The monoisotopic (exact) mass is 761 g/mol. The summed E-state index contributed by atoms with van der Waals surface area (Å²) in [7, 11) is -3.89. The second-order valence-electron chi connectivity index (χ2n) is 15.1. The Hall–Kier alpha value is -3.72. The number of benzene rings is 1. The van der Waals surface area contributed by atoms with E-state index >= 15 is 0 Å². The highest BCUT2D eigenvalue weighted by atomic mass is 79.9. The smallest absolute Gasteiger partial charge is 0.408 e. The molecule has 5 rings (SSSR count). The fraction of sp³-hybridized carbons (Fsp3) is 0.559. The van der Waals surface area contributed by atoms with Crippen molar-refractivity contribution in [2.75, 3.05) is 6.54 Å². The Morgan fingerprint density at radius 1 is 1.12 bits per heavy atom. The van der Waals surface area contributed by atoms with Crippen LogP contribution in [-0.4, -0.2) is 83.2 Å². The van der Waals surface area contributed by atoms with Crippen LogP contribution in [0.3, 0.4) is 0 Å². The molecule has 2 saturated carbocycles. The van der Waals surface area contributed by atoms with Crippen LogP contribution in [0.15, 0.2) is 47.6 Å². The maximum atomic E-state index is 14.4. The molecular weight excluding hydrogens is 718 g/mol. The van der Waals surface area contributed by atoms with Crippen LogP contribution in [0, 0.1) is 11.3 Å². The lowest BCUT2D eigenvalue weighted by molar-refractivity contribution is -0.143. The molecule has 5 atom stereocenters. The lowest BCUT2D eigenvalue weighted by Gasteiger charge is -2.36. The SMILES string of the molecule is C=CC1CC1(NC(=O)C1CC(Oc2nccc3cc(Br)ccc23)CN1C(=O)C(NC(=O)OC(C)(C)C)C(C)(C)C)C(=O)NS(=O)(=O)C1CC1. The maximum Gasteiger partial charge on any atom is 0.408 e. The average Bonchev–Trinajstić information content (AvgIpc) is 3.91. The van der Waals surface area contributed by atoms with Gasteiger partial charge in [0.15, 0.2) is 0 Å². The molecule has 1 aromatic heterocycles. The van der Waals surface area contributed by atoms with Gasteiger partial charge in [0.05, 0.1) is 11.8 Å². The first-order chi connectivity index (χ1) is 22.7. The Labute approximate surface area is 295 Å². The number of nitrogens with one attached hydrogen (secondary N) is 3. The summed E-state index contributed by atoms with van der Waals surface area (Å²) in [5.74, 6) is -2.25. The molecule has 1 aromatic carbocycles. The fourth-order valence-electron chi connectivity index (χ4n) is 6.01. The number of aromatic nitrogens is 1. The van der Waals surface area contributed by atoms with Gasteiger partial charge in [0, 0.05) is 28.4 Å². The van der Waals surface area contributed by atoms with Gasteiger partial charge in [0.2, 0.25) is 27.7 Å². The molecule has 49 heavy (non-hydrogen) atoms. The molecule has 13 nitrogen and oxygen atoms in total. The van der Waals surface area contributed by atoms with Crippen LogP contribution >= 0.6 is 15.9 Å². The van der Waals surface area contributed by atoms with Crippen molar-refractivity contribution >= 4 is 60.5 Å². The van der Waals surface area contributed by atoms with Crippen molar-refractivity contribution in [3.63, 3.8) is 0 Å². The molecule has 2 aromatic rings. The van der Waals surface area contributed by atoms with E-state index < -0.39 is 79.7 Å². The lowest BCUT2D eigenvalue weighted by Crippen LogP contribution is -2.60. The van der Waals surface area contributed by atoms with Crippen molar-refractivity contribution in [2.24, 2.45) is 11.3 Å². The number of carbonyl (C=O) groups excluding carboxylic acids is 4. The first kappa shape index (κ1) is 36.6. The quantitative estimate of drug-likeness (QED) is 0.303. The van der Waals surface area contributed by atoms with Gasteiger partial charge in [-0.25, -0.2) is 18.2 Å². The number of rotatable bonds is 10. The second kappa shape index (κ2) is 13.2. The number of carbonyl (C=O) groups is 4. The highest BCUT2D eigenvalue weighted by Gasteiger charge is 2.62. The highest BCUT2D eigenvalue weighted by Crippen LogP contribution is 2.45. The molecule has 4 amide bonds. The zero-order valence-electron chi connectivity index (χ0n) is 28.5. The molecule has 3 N–H and O–H groups in total. The second-order valence-corrected chi connectivity index (χ2v) is 18.0. The van der Waals surface area contributed by atoms with E-state index in [-0.39, 0.29) is 19.4 Å². The molecule has 3 fully saturated rings. The number of fused-ring (bicyclic) bond motifs is 1. The minimum absolute atomic E-state index is 0.0335. The number of hydrogen-bond donors (Lipinski definition) is 3. The topological polar surface area (TPSA) is 173 Å². The van der Waals surface area contributed by atoms with E-state index in [1.165, 1.54) is 11.0 Å². The molecule has 2 heterocycles. The van der Waals surface area contributed by atoms with Crippen molar-refractivity contribution in [2.45, 2.75) is 102 Å². The van der Waals surface area contributed by atoms with Crippen LogP contribution in [-0.2, 0) is 29.1 Å². The van der Waals surface area contributed by atoms with Crippen LogP contribution in [0.25, 0.3) is 10.8 Å². The number of nitrogens with zero attached hydrogens (tertiary/aromatic N) is 2. The van der Waals surface area contributed by atoms with E-state index in [0.29, 0.717) is 18.7 Å². The third-order valence-electron chi connectivity index (χ3n) is 8.84.